The Balaban J connectivity index is 2.01. The highest BCUT2D eigenvalue weighted by molar-refractivity contribution is 7.10. The van der Waals surface area contributed by atoms with E-state index in [9.17, 15) is 5.11 Å². The van der Waals surface area contributed by atoms with Crippen LogP contribution in [0.2, 0.25) is 0 Å². The molecule has 2 heterocycles. The standard InChI is InChI=1S/C16H18N2OS/c1-11-8-9-20-15(11)16(2,19)10-14-17-12-6-4-5-7-13(12)18(14)3/h4-9,19H,10H2,1-3H3. The molecule has 3 nitrogen and oxygen atoms in total. The van der Waals surface area contributed by atoms with E-state index in [2.05, 4.69) is 15.6 Å². The number of rotatable bonds is 3. The minimum atomic E-state index is -0.882. The van der Waals surface area contributed by atoms with Gasteiger partial charge in [0.05, 0.1) is 11.0 Å². The van der Waals surface area contributed by atoms with Gasteiger partial charge in [-0.3, -0.25) is 0 Å². The van der Waals surface area contributed by atoms with Crippen molar-refractivity contribution < 1.29 is 5.11 Å². The summed E-state index contributed by atoms with van der Waals surface area (Å²) in [5.41, 5.74) is 2.33. The maximum absolute atomic E-state index is 10.8. The van der Waals surface area contributed by atoms with Crippen molar-refractivity contribution in [2.24, 2.45) is 7.05 Å². The monoisotopic (exact) mass is 286 g/mol. The third kappa shape index (κ3) is 2.15. The highest BCUT2D eigenvalue weighted by atomic mass is 32.1. The summed E-state index contributed by atoms with van der Waals surface area (Å²) in [6, 6.07) is 10.1. The van der Waals surface area contributed by atoms with E-state index >= 15 is 0 Å². The molecule has 0 radical (unpaired) electrons. The molecule has 0 saturated heterocycles. The molecule has 2 aromatic heterocycles. The quantitative estimate of drug-likeness (QED) is 0.801. The number of aromatic nitrogens is 2. The van der Waals surface area contributed by atoms with Gasteiger partial charge in [0.25, 0.3) is 0 Å². The molecule has 0 aliphatic rings. The summed E-state index contributed by atoms with van der Waals surface area (Å²) in [5, 5.41) is 12.8. The number of fused-ring (bicyclic) bond motifs is 1. The van der Waals surface area contributed by atoms with Crippen LogP contribution in [0.5, 0.6) is 0 Å². The molecule has 4 heteroatoms. The molecule has 1 aromatic carbocycles. The Morgan fingerprint density at radius 1 is 1.30 bits per heavy atom. The van der Waals surface area contributed by atoms with Crippen LogP contribution in [0.1, 0.15) is 23.2 Å². The summed E-state index contributed by atoms with van der Waals surface area (Å²) in [6.07, 6.45) is 0.513. The van der Waals surface area contributed by atoms with Gasteiger partial charge in [0.15, 0.2) is 0 Å². The Bertz CT molecular complexity index is 755. The van der Waals surface area contributed by atoms with Crippen molar-refractivity contribution in [3.05, 3.63) is 52.0 Å². The van der Waals surface area contributed by atoms with Crippen LogP contribution in [0, 0.1) is 6.92 Å². The summed E-state index contributed by atoms with van der Waals surface area (Å²) in [5.74, 6) is 0.906. The molecule has 104 valence electrons. The zero-order chi connectivity index (χ0) is 14.3. The largest absolute Gasteiger partial charge is 0.384 e. The predicted octanol–water partition coefficient (Wildman–Crippen LogP) is 3.39. The molecule has 1 unspecified atom stereocenters. The van der Waals surface area contributed by atoms with Crippen molar-refractivity contribution in [3.63, 3.8) is 0 Å². The average molecular weight is 286 g/mol. The van der Waals surface area contributed by atoms with E-state index in [1.165, 1.54) is 0 Å². The number of benzene rings is 1. The molecule has 0 saturated carbocycles. The molecule has 1 atom stereocenters. The lowest BCUT2D eigenvalue weighted by Crippen LogP contribution is -2.25. The third-order valence-corrected chi connectivity index (χ3v) is 5.00. The van der Waals surface area contributed by atoms with Crippen LogP contribution in [0.3, 0.4) is 0 Å². The molecule has 0 fully saturated rings. The highest BCUT2D eigenvalue weighted by Gasteiger charge is 2.28. The fourth-order valence-corrected chi connectivity index (χ4v) is 3.65. The molecule has 0 bridgehead atoms. The Morgan fingerprint density at radius 2 is 2.05 bits per heavy atom. The molecule has 0 amide bonds. The van der Waals surface area contributed by atoms with Crippen LogP contribution in [-0.2, 0) is 19.1 Å². The number of aliphatic hydroxyl groups is 1. The Kier molecular flexibility index (Phi) is 3.15. The summed E-state index contributed by atoms with van der Waals surface area (Å²) in [4.78, 5) is 5.66. The fraction of sp³-hybridized carbons (Fsp3) is 0.312. The first-order chi connectivity index (χ1) is 9.49. The number of nitrogens with zero attached hydrogens (tertiary/aromatic N) is 2. The van der Waals surface area contributed by atoms with Gasteiger partial charge in [0.1, 0.15) is 11.4 Å². The first-order valence-electron chi connectivity index (χ1n) is 6.66. The van der Waals surface area contributed by atoms with Crippen molar-refractivity contribution in [2.75, 3.05) is 0 Å². The summed E-state index contributed by atoms with van der Waals surface area (Å²) < 4.78 is 2.06. The first kappa shape index (κ1) is 13.3. The highest BCUT2D eigenvalue weighted by Crippen LogP contribution is 2.32. The van der Waals surface area contributed by atoms with Crippen molar-refractivity contribution in [3.8, 4) is 0 Å². The lowest BCUT2D eigenvalue weighted by Gasteiger charge is -2.22. The zero-order valence-corrected chi connectivity index (χ0v) is 12.7. The number of hydrogen-bond donors (Lipinski definition) is 1. The topological polar surface area (TPSA) is 38.1 Å². The number of aryl methyl sites for hydroxylation is 2. The van der Waals surface area contributed by atoms with Crippen molar-refractivity contribution in [1.29, 1.82) is 0 Å². The molecule has 3 aromatic rings. The number of hydrogen-bond acceptors (Lipinski definition) is 3. The second-order valence-electron chi connectivity index (χ2n) is 5.46. The van der Waals surface area contributed by atoms with Gasteiger partial charge in [-0.2, -0.15) is 0 Å². The minimum Gasteiger partial charge on any atom is -0.384 e. The number of para-hydroxylation sites is 2. The Labute approximate surface area is 122 Å². The van der Waals surface area contributed by atoms with Gasteiger partial charge in [0, 0.05) is 18.3 Å². The second-order valence-corrected chi connectivity index (χ2v) is 6.38. The maximum atomic E-state index is 10.8. The molecular formula is C16H18N2OS. The van der Waals surface area contributed by atoms with E-state index in [-0.39, 0.29) is 0 Å². The molecule has 1 N–H and O–H groups in total. The normalized spacial score (nSPS) is 14.6. The van der Waals surface area contributed by atoms with Gasteiger partial charge < -0.3 is 9.67 Å². The van der Waals surface area contributed by atoms with Crippen LogP contribution >= 0.6 is 11.3 Å². The van der Waals surface area contributed by atoms with E-state index in [0.29, 0.717) is 6.42 Å². The predicted molar refractivity (Wildman–Crippen MR) is 83.0 cm³/mol. The minimum absolute atomic E-state index is 0.513. The van der Waals surface area contributed by atoms with Gasteiger partial charge in [0.2, 0.25) is 0 Å². The van der Waals surface area contributed by atoms with Gasteiger partial charge in [-0.25, -0.2) is 4.98 Å². The van der Waals surface area contributed by atoms with Gasteiger partial charge in [-0.1, -0.05) is 12.1 Å². The molecule has 3 rings (SSSR count). The molecule has 20 heavy (non-hydrogen) atoms. The van der Waals surface area contributed by atoms with Crippen LogP contribution in [0.4, 0.5) is 0 Å². The zero-order valence-electron chi connectivity index (χ0n) is 11.9. The SMILES string of the molecule is Cc1ccsc1C(C)(O)Cc1nc2ccccc2n1C. The van der Waals surface area contributed by atoms with E-state index in [4.69, 9.17) is 0 Å². The summed E-state index contributed by atoms with van der Waals surface area (Å²) in [7, 11) is 2.00. The summed E-state index contributed by atoms with van der Waals surface area (Å²) in [6.45, 7) is 3.90. The van der Waals surface area contributed by atoms with Crippen LogP contribution < -0.4 is 0 Å². The van der Waals surface area contributed by atoms with E-state index in [1.54, 1.807) is 11.3 Å². The smallest absolute Gasteiger partial charge is 0.112 e. The molecular weight excluding hydrogens is 268 g/mol. The van der Waals surface area contributed by atoms with Crippen molar-refractivity contribution >= 4 is 22.4 Å². The van der Waals surface area contributed by atoms with Crippen LogP contribution in [0.25, 0.3) is 11.0 Å². The van der Waals surface area contributed by atoms with Crippen molar-refractivity contribution in [2.45, 2.75) is 25.9 Å². The Morgan fingerprint density at radius 3 is 2.70 bits per heavy atom. The van der Waals surface area contributed by atoms with Crippen LogP contribution in [0.15, 0.2) is 35.7 Å². The van der Waals surface area contributed by atoms with E-state index in [0.717, 1.165) is 27.3 Å². The second kappa shape index (κ2) is 4.72. The van der Waals surface area contributed by atoms with E-state index < -0.39 is 5.60 Å². The van der Waals surface area contributed by atoms with E-state index in [1.807, 2.05) is 50.5 Å². The van der Waals surface area contributed by atoms with Gasteiger partial charge in [-0.05, 0) is 43.0 Å². The molecule has 0 aliphatic carbocycles. The van der Waals surface area contributed by atoms with Crippen molar-refractivity contribution in [1.82, 2.24) is 9.55 Å². The average Bonchev–Trinajstić information content (AvgIpc) is 2.96. The first-order valence-corrected chi connectivity index (χ1v) is 7.54. The van der Waals surface area contributed by atoms with Gasteiger partial charge in [-0.15, -0.1) is 11.3 Å². The lowest BCUT2D eigenvalue weighted by atomic mass is 9.97. The van der Waals surface area contributed by atoms with Crippen LogP contribution in [-0.4, -0.2) is 14.7 Å². The maximum Gasteiger partial charge on any atom is 0.112 e. The number of thiophene rings is 1. The molecule has 0 spiro atoms. The third-order valence-electron chi connectivity index (χ3n) is 3.73. The Hall–Kier alpha value is -1.65. The lowest BCUT2D eigenvalue weighted by molar-refractivity contribution is 0.0582. The van der Waals surface area contributed by atoms with Gasteiger partial charge >= 0.3 is 0 Å². The molecule has 0 aliphatic heterocycles. The fourth-order valence-electron chi connectivity index (χ4n) is 2.67. The number of imidazole rings is 1. The summed E-state index contributed by atoms with van der Waals surface area (Å²) >= 11 is 1.60.